The predicted octanol–water partition coefficient (Wildman–Crippen LogP) is 4.36. The first-order valence-electron chi connectivity index (χ1n) is 21.6. The van der Waals surface area contributed by atoms with E-state index in [1.807, 2.05) is 0 Å². The standard InChI is InChI=1S/C44H72O12/c1-10-51-38-25(20-24(54-38)19-22(2)3)26-13-17-44(9)28-11-12-30-41(5,6)31(15-16-42(30,7)27(28)14-18-43(26,44)8)56-40-37(50)35(48)33(46)29(55-40)21-52-39-36(49)34(47)32(45)23(4)53-39/h11,19,23-27,29-40,45-50H,10,12-18,20-21H2,1-9H3/t23-,24?,25-,26-,27-,29+,30-,31-,32-,33+,34+,35-,36+,37+,38-,39+,40-,42+,43-,44+/m0/s1. The van der Waals surface area contributed by atoms with Crippen molar-refractivity contribution in [2.24, 2.45) is 45.3 Å². The van der Waals surface area contributed by atoms with Gasteiger partial charge in [0.05, 0.1) is 24.9 Å². The lowest BCUT2D eigenvalue weighted by Gasteiger charge is -2.65. The molecule has 6 N–H and O–H groups in total. The number of aliphatic hydroxyl groups is 6. The summed E-state index contributed by atoms with van der Waals surface area (Å²) in [6, 6.07) is 0. The van der Waals surface area contributed by atoms with Gasteiger partial charge in [0, 0.05) is 12.5 Å². The van der Waals surface area contributed by atoms with Crippen LogP contribution >= 0.6 is 0 Å². The molecule has 7 rings (SSSR count). The van der Waals surface area contributed by atoms with Gasteiger partial charge < -0.3 is 59.1 Å². The van der Waals surface area contributed by atoms with Crippen LogP contribution in [0.25, 0.3) is 0 Å². The Morgan fingerprint density at radius 3 is 2.18 bits per heavy atom. The minimum Gasteiger partial charge on any atom is -0.388 e. The molecule has 3 saturated carbocycles. The molecule has 320 valence electrons. The van der Waals surface area contributed by atoms with Gasteiger partial charge in [0.25, 0.3) is 0 Å². The number of aliphatic hydroxyl groups excluding tert-OH is 6. The van der Waals surface area contributed by atoms with Gasteiger partial charge in [-0.25, -0.2) is 0 Å². The van der Waals surface area contributed by atoms with Gasteiger partial charge in [-0.2, -0.15) is 0 Å². The zero-order chi connectivity index (χ0) is 40.7. The molecule has 0 radical (unpaired) electrons. The molecule has 1 unspecified atom stereocenters. The van der Waals surface area contributed by atoms with Gasteiger partial charge in [0.1, 0.15) is 42.7 Å². The van der Waals surface area contributed by atoms with Crippen molar-refractivity contribution >= 4 is 0 Å². The molecule has 12 nitrogen and oxygen atoms in total. The molecule has 3 heterocycles. The average molecular weight is 793 g/mol. The van der Waals surface area contributed by atoms with Crippen LogP contribution in [0.15, 0.2) is 23.3 Å². The monoisotopic (exact) mass is 793 g/mol. The Labute approximate surface area is 333 Å². The summed E-state index contributed by atoms with van der Waals surface area (Å²) in [7, 11) is 0. The van der Waals surface area contributed by atoms with Gasteiger partial charge in [-0.1, -0.05) is 57.9 Å². The fourth-order valence-electron chi connectivity index (χ4n) is 13.2. The second-order valence-corrected chi connectivity index (χ2v) is 20.1. The van der Waals surface area contributed by atoms with E-state index in [2.05, 4.69) is 67.5 Å². The fraction of sp³-hybridized carbons (Fsp3) is 0.909. The highest BCUT2D eigenvalue weighted by Gasteiger charge is 2.67. The third-order valence-electron chi connectivity index (χ3n) is 16.6. The maximum absolute atomic E-state index is 11.1. The molecule has 4 aliphatic carbocycles. The summed E-state index contributed by atoms with van der Waals surface area (Å²) in [6.07, 6.45) is -0.400. The molecule has 3 saturated heterocycles. The molecule has 0 aromatic carbocycles. The van der Waals surface area contributed by atoms with Crippen molar-refractivity contribution in [1.82, 2.24) is 0 Å². The van der Waals surface area contributed by atoms with Crippen molar-refractivity contribution in [2.75, 3.05) is 13.2 Å². The second-order valence-electron chi connectivity index (χ2n) is 20.1. The molecule has 0 amide bonds. The van der Waals surface area contributed by atoms with E-state index in [4.69, 9.17) is 28.4 Å². The predicted molar refractivity (Wildman–Crippen MR) is 207 cm³/mol. The molecule has 3 aliphatic heterocycles. The number of allylic oxidation sites excluding steroid dienone is 3. The fourth-order valence-corrected chi connectivity index (χ4v) is 13.2. The van der Waals surface area contributed by atoms with Crippen molar-refractivity contribution < 1.29 is 59.1 Å². The maximum Gasteiger partial charge on any atom is 0.186 e. The summed E-state index contributed by atoms with van der Waals surface area (Å²) in [6.45, 7) is 20.4. The summed E-state index contributed by atoms with van der Waals surface area (Å²) in [5.41, 5.74) is 2.95. The van der Waals surface area contributed by atoms with Crippen molar-refractivity contribution in [1.29, 1.82) is 0 Å². The van der Waals surface area contributed by atoms with Gasteiger partial charge in [-0.3, -0.25) is 0 Å². The summed E-state index contributed by atoms with van der Waals surface area (Å²) in [5, 5.41) is 63.6. The van der Waals surface area contributed by atoms with E-state index in [9.17, 15) is 30.6 Å². The summed E-state index contributed by atoms with van der Waals surface area (Å²) in [5.74, 6) is 1.68. The molecule has 0 aromatic rings. The van der Waals surface area contributed by atoms with Crippen LogP contribution in [0.4, 0.5) is 0 Å². The number of hydrogen-bond acceptors (Lipinski definition) is 12. The molecular formula is C44H72O12. The molecule has 0 aromatic heterocycles. The molecular weight excluding hydrogens is 720 g/mol. The van der Waals surface area contributed by atoms with Crippen LogP contribution in [-0.2, 0) is 28.4 Å². The Morgan fingerprint density at radius 2 is 1.48 bits per heavy atom. The average Bonchev–Trinajstić information content (AvgIpc) is 3.65. The highest BCUT2D eigenvalue weighted by molar-refractivity contribution is 5.33. The van der Waals surface area contributed by atoms with E-state index < -0.39 is 61.4 Å². The Bertz CT molecular complexity index is 1460. The van der Waals surface area contributed by atoms with E-state index in [0.717, 1.165) is 32.1 Å². The van der Waals surface area contributed by atoms with E-state index in [1.54, 1.807) is 12.5 Å². The molecule has 7 aliphatic rings. The summed E-state index contributed by atoms with van der Waals surface area (Å²) >= 11 is 0. The minimum absolute atomic E-state index is 0.0585. The molecule has 20 atom stereocenters. The third kappa shape index (κ3) is 7.01. The highest BCUT2D eigenvalue weighted by Crippen LogP contribution is 2.74. The van der Waals surface area contributed by atoms with E-state index in [0.29, 0.717) is 30.3 Å². The first-order chi connectivity index (χ1) is 26.3. The van der Waals surface area contributed by atoms with Crippen molar-refractivity contribution in [3.63, 3.8) is 0 Å². The first-order valence-corrected chi connectivity index (χ1v) is 21.6. The van der Waals surface area contributed by atoms with Gasteiger partial charge >= 0.3 is 0 Å². The van der Waals surface area contributed by atoms with Crippen molar-refractivity contribution in [2.45, 2.75) is 194 Å². The molecule has 0 spiro atoms. The normalized spacial score (nSPS) is 52.8. The lowest BCUT2D eigenvalue weighted by molar-refractivity contribution is -0.342. The van der Waals surface area contributed by atoms with Gasteiger partial charge in [0.2, 0.25) is 0 Å². The van der Waals surface area contributed by atoms with Crippen LogP contribution in [0.3, 0.4) is 0 Å². The molecule has 12 heteroatoms. The SMILES string of the molecule is CCO[C@H]1OC(C=C(C)C)C[C@H]1[C@@H]1CC[C@]2(C)C3=CC[C@H]4C(C)(C)[C@@H](O[C@@H]5O[C@H](CO[C@@H]6O[C@@H](C)[C@H](O)[C@@H](O)[C@H]6O)[C@@H](O)[C@H](O)[C@H]5O)CC[C@]4(C)[C@H]3CC[C@@]12C. The van der Waals surface area contributed by atoms with Crippen LogP contribution in [0.2, 0.25) is 0 Å². The molecule has 56 heavy (non-hydrogen) atoms. The number of hydrogen-bond donors (Lipinski definition) is 6. The first kappa shape index (κ1) is 43.1. The van der Waals surface area contributed by atoms with Crippen LogP contribution in [0, 0.1) is 45.3 Å². The minimum atomic E-state index is -1.56. The topological polar surface area (TPSA) is 177 Å². The Morgan fingerprint density at radius 1 is 0.786 bits per heavy atom. The Balaban J connectivity index is 1.05. The number of ether oxygens (including phenoxy) is 6. The second kappa shape index (κ2) is 15.8. The van der Waals surface area contributed by atoms with Gasteiger partial charge in [0.15, 0.2) is 18.9 Å². The highest BCUT2D eigenvalue weighted by atomic mass is 16.7. The van der Waals surface area contributed by atoms with Crippen LogP contribution in [-0.4, -0.2) is 124 Å². The Hall–Kier alpha value is -1.00. The van der Waals surface area contributed by atoms with Crippen LogP contribution in [0.1, 0.15) is 114 Å². The smallest absolute Gasteiger partial charge is 0.186 e. The van der Waals surface area contributed by atoms with Crippen molar-refractivity contribution in [3.05, 3.63) is 23.3 Å². The summed E-state index contributed by atoms with van der Waals surface area (Å²) in [4.78, 5) is 0. The largest absolute Gasteiger partial charge is 0.388 e. The van der Waals surface area contributed by atoms with E-state index >= 15 is 0 Å². The van der Waals surface area contributed by atoms with Crippen LogP contribution in [0.5, 0.6) is 0 Å². The lowest BCUT2D eigenvalue weighted by atomic mass is 9.41. The van der Waals surface area contributed by atoms with Gasteiger partial charge in [-0.15, -0.1) is 0 Å². The molecule has 0 bridgehead atoms. The Kier molecular flexibility index (Phi) is 12.2. The number of fused-ring (bicyclic) bond motifs is 5. The van der Waals surface area contributed by atoms with Gasteiger partial charge in [-0.05, 0) is 118 Å². The van der Waals surface area contributed by atoms with E-state index in [1.165, 1.54) is 24.8 Å². The third-order valence-corrected chi connectivity index (χ3v) is 16.6. The van der Waals surface area contributed by atoms with E-state index in [-0.39, 0.29) is 46.8 Å². The zero-order valence-corrected chi connectivity index (χ0v) is 35.2. The summed E-state index contributed by atoms with van der Waals surface area (Å²) < 4.78 is 36.8. The van der Waals surface area contributed by atoms with Crippen LogP contribution < -0.4 is 0 Å². The lowest BCUT2D eigenvalue weighted by Crippen LogP contribution is -2.63. The zero-order valence-electron chi connectivity index (χ0n) is 35.2. The maximum atomic E-state index is 11.1. The number of rotatable bonds is 9. The van der Waals surface area contributed by atoms with Crippen molar-refractivity contribution in [3.8, 4) is 0 Å². The molecule has 6 fully saturated rings. The quantitative estimate of drug-likeness (QED) is 0.182.